The maximum absolute atomic E-state index is 13.1. The number of carbonyl (C=O) groups is 2. The van der Waals surface area contributed by atoms with E-state index < -0.39 is 6.04 Å². The van der Waals surface area contributed by atoms with Gasteiger partial charge in [-0.1, -0.05) is 49.3 Å². The molecular formula is C21H27N3O4. The number of ether oxygens (including phenoxy) is 1. The normalized spacial score (nSPS) is 17.6. The van der Waals surface area contributed by atoms with Crippen molar-refractivity contribution in [3.63, 3.8) is 0 Å². The van der Waals surface area contributed by atoms with Crippen LogP contribution in [0, 0.1) is 0 Å². The highest BCUT2D eigenvalue weighted by molar-refractivity contribution is 5.95. The van der Waals surface area contributed by atoms with Gasteiger partial charge in [0.1, 0.15) is 6.04 Å². The summed E-state index contributed by atoms with van der Waals surface area (Å²) in [5, 5.41) is 4.06. The zero-order valence-electron chi connectivity index (χ0n) is 16.6. The summed E-state index contributed by atoms with van der Waals surface area (Å²) in [5.41, 5.74) is 1.85. The van der Waals surface area contributed by atoms with Crippen LogP contribution in [0.3, 0.4) is 0 Å². The molecule has 0 N–H and O–H groups in total. The summed E-state index contributed by atoms with van der Waals surface area (Å²) in [6.07, 6.45) is 0.458. The van der Waals surface area contributed by atoms with Gasteiger partial charge in [0.25, 0.3) is 0 Å². The van der Waals surface area contributed by atoms with Crippen molar-refractivity contribution in [2.75, 3.05) is 26.8 Å². The third kappa shape index (κ3) is 4.59. The second-order valence-corrected chi connectivity index (χ2v) is 7.35. The average molecular weight is 385 g/mol. The van der Waals surface area contributed by atoms with Gasteiger partial charge in [0, 0.05) is 26.1 Å². The first-order valence-corrected chi connectivity index (χ1v) is 9.56. The molecule has 2 aromatic rings. The highest BCUT2D eigenvalue weighted by Gasteiger charge is 2.39. The van der Waals surface area contributed by atoms with Crippen LogP contribution >= 0.6 is 0 Å². The number of hydrogen-bond donors (Lipinski definition) is 0. The van der Waals surface area contributed by atoms with E-state index in [9.17, 15) is 9.59 Å². The van der Waals surface area contributed by atoms with E-state index in [0.717, 1.165) is 11.3 Å². The first-order valence-electron chi connectivity index (χ1n) is 9.56. The fourth-order valence-electron chi connectivity index (χ4n) is 3.32. The minimum Gasteiger partial charge on any atom is -0.383 e. The summed E-state index contributed by atoms with van der Waals surface area (Å²) in [7, 11) is 1.58. The third-order valence-corrected chi connectivity index (χ3v) is 4.95. The predicted octanol–water partition coefficient (Wildman–Crippen LogP) is 2.23. The van der Waals surface area contributed by atoms with Crippen LogP contribution in [0.25, 0.3) is 0 Å². The van der Waals surface area contributed by atoms with E-state index in [0.29, 0.717) is 25.3 Å². The number of amides is 2. The Kier molecular flexibility index (Phi) is 6.46. The molecule has 0 aliphatic carbocycles. The van der Waals surface area contributed by atoms with Gasteiger partial charge in [0.05, 0.1) is 25.4 Å². The van der Waals surface area contributed by atoms with E-state index in [1.54, 1.807) is 16.9 Å². The van der Waals surface area contributed by atoms with Gasteiger partial charge in [-0.05, 0) is 11.5 Å². The average Bonchev–Trinajstić information content (AvgIpc) is 3.16. The van der Waals surface area contributed by atoms with Crippen molar-refractivity contribution in [3.8, 4) is 0 Å². The summed E-state index contributed by atoms with van der Waals surface area (Å²) in [4.78, 5) is 29.2. The summed E-state index contributed by atoms with van der Waals surface area (Å²) in [6, 6.07) is 11.0. The molecule has 2 amide bonds. The lowest BCUT2D eigenvalue weighted by Crippen LogP contribution is -2.60. The molecule has 3 rings (SSSR count). The van der Waals surface area contributed by atoms with E-state index in [1.807, 2.05) is 50.2 Å². The number of rotatable bonds is 8. The zero-order chi connectivity index (χ0) is 20.1. The van der Waals surface area contributed by atoms with Crippen molar-refractivity contribution in [2.45, 2.75) is 38.8 Å². The van der Waals surface area contributed by atoms with Crippen LogP contribution in [-0.2, 0) is 27.3 Å². The van der Waals surface area contributed by atoms with E-state index in [1.165, 1.54) is 0 Å². The van der Waals surface area contributed by atoms with Crippen molar-refractivity contribution in [2.24, 2.45) is 0 Å². The molecule has 0 radical (unpaired) electrons. The van der Waals surface area contributed by atoms with Gasteiger partial charge in [-0.3, -0.25) is 9.59 Å². The molecule has 1 aliphatic heterocycles. The molecule has 7 heteroatoms. The van der Waals surface area contributed by atoms with Crippen molar-refractivity contribution in [1.82, 2.24) is 15.0 Å². The molecular weight excluding hydrogens is 358 g/mol. The largest absolute Gasteiger partial charge is 0.383 e. The van der Waals surface area contributed by atoms with Gasteiger partial charge >= 0.3 is 0 Å². The van der Waals surface area contributed by atoms with E-state index in [2.05, 4.69) is 5.16 Å². The van der Waals surface area contributed by atoms with Gasteiger partial charge < -0.3 is 19.1 Å². The summed E-state index contributed by atoms with van der Waals surface area (Å²) in [6.45, 7) is 5.15. The monoisotopic (exact) mass is 385 g/mol. The highest BCUT2D eigenvalue weighted by Crippen LogP contribution is 2.22. The molecule has 150 valence electrons. The number of aromatic nitrogens is 1. The first kappa shape index (κ1) is 20.1. The van der Waals surface area contributed by atoms with Crippen LogP contribution in [0.1, 0.15) is 36.8 Å². The number of methoxy groups -OCH3 is 1. The third-order valence-electron chi connectivity index (χ3n) is 4.95. The van der Waals surface area contributed by atoms with Crippen LogP contribution in [0.2, 0.25) is 0 Å². The molecule has 1 aliphatic rings. The Labute approximate surface area is 165 Å². The Morgan fingerprint density at radius 3 is 2.64 bits per heavy atom. The smallest absolute Gasteiger partial charge is 0.246 e. The molecule has 1 aromatic heterocycles. The number of nitrogens with zero attached hydrogens (tertiary/aromatic N) is 3. The van der Waals surface area contributed by atoms with Crippen molar-refractivity contribution < 1.29 is 18.8 Å². The minimum absolute atomic E-state index is 0.0542. The van der Waals surface area contributed by atoms with Gasteiger partial charge in [0.2, 0.25) is 11.8 Å². The first-order chi connectivity index (χ1) is 13.5. The minimum atomic E-state index is -0.576. The van der Waals surface area contributed by atoms with Gasteiger partial charge in [-0.25, -0.2) is 0 Å². The maximum atomic E-state index is 13.1. The molecule has 1 fully saturated rings. The summed E-state index contributed by atoms with van der Waals surface area (Å²) < 4.78 is 10.5. The number of piperazine rings is 1. The van der Waals surface area contributed by atoms with Crippen LogP contribution in [0.4, 0.5) is 0 Å². The summed E-state index contributed by atoms with van der Waals surface area (Å²) >= 11 is 0. The molecule has 28 heavy (non-hydrogen) atoms. The Balaban J connectivity index is 1.83. The highest BCUT2D eigenvalue weighted by atomic mass is 16.5. The molecule has 1 saturated heterocycles. The molecule has 0 saturated carbocycles. The van der Waals surface area contributed by atoms with E-state index >= 15 is 0 Å². The Bertz CT molecular complexity index is 803. The van der Waals surface area contributed by atoms with Crippen LogP contribution < -0.4 is 0 Å². The molecule has 1 aromatic carbocycles. The van der Waals surface area contributed by atoms with Crippen LogP contribution in [-0.4, -0.2) is 59.6 Å². The lowest BCUT2D eigenvalue weighted by Gasteiger charge is -2.40. The Hall–Kier alpha value is -2.67. The second-order valence-electron chi connectivity index (χ2n) is 7.35. The quantitative estimate of drug-likeness (QED) is 0.696. The lowest BCUT2D eigenvalue weighted by molar-refractivity contribution is -0.157. The van der Waals surface area contributed by atoms with Crippen LogP contribution in [0.5, 0.6) is 0 Å². The van der Waals surface area contributed by atoms with Gasteiger partial charge in [-0.15, -0.1) is 0 Å². The van der Waals surface area contributed by atoms with E-state index in [4.69, 9.17) is 9.26 Å². The summed E-state index contributed by atoms with van der Waals surface area (Å²) in [5.74, 6) is 0.664. The zero-order valence-corrected chi connectivity index (χ0v) is 16.6. The molecule has 7 nitrogen and oxygen atoms in total. The standard InChI is InChI=1S/C21H27N3O4/c1-15(2)18-12-17(28-22-18)13-24-19(11-16-7-5-4-6-8-16)21(26)23(9-10-27-3)14-20(24)25/h4-8,12,15,19H,9-11,13-14H2,1-3H3/t19-/m1/s1. The number of hydrogen-bond acceptors (Lipinski definition) is 5. The molecule has 0 unspecified atom stereocenters. The maximum Gasteiger partial charge on any atom is 0.246 e. The molecule has 1 atom stereocenters. The van der Waals surface area contributed by atoms with Gasteiger partial charge in [-0.2, -0.15) is 0 Å². The van der Waals surface area contributed by atoms with Crippen LogP contribution in [0.15, 0.2) is 40.9 Å². The van der Waals surface area contributed by atoms with Crippen molar-refractivity contribution in [3.05, 3.63) is 53.4 Å². The van der Waals surface area contributed by atoms with E-state index in [-0.39, 0.29) is 30.8 Å². The van der Waals surface area contributed by atoms with Gasteiger partial charge in [0.15, 0.2) is 5.76 Å². The van der Waals surface area contributed by atoms with Crippen molar-refractivity contribution in [1.29, 1.82) is 0 Å². The molecule has 0 spiro atoms. The number of benzene rings is 1. The Morgan fingerprint density at radius 2 is 2.00 bits per heavy atom. The lowest BCUT2D eigenvalue weighted by atomic mass is 10.0. The second kappa shape index (κ2) is 9.01. The SMILES string of the molecule is COCCN1CC(=O)N(Cc2cc(C(C)C)no2)[C@H](Cc2ccccc2)C1=O. The fraction of sp³-hybridized carbons (Fsp3) is 0.476. The Morgan fingerprint density at radius 1 is 1.25 bits per heavy atom. The van der Waals surface area contributed by atoms with Crippen molar-refractivity contribution >= 4 is 11.8 Å². The topological polar surface area (TPSA) is 75.9 Å². The fourth-order valence-corrected chi connectivity index (χ4v) is 3.32. The molecule has 0 bridgehead atoms. The number of carbonyl (C=O) groups excluding carboxylic acids is 2. The molecule has 2 heterocycles. The predicted molar refractivity (Wildman–Crippen MR) is 104 cm³/mol.